The SMILES string of the molecule is Cc1nc2c(=O)n(CC(=O)Nc3ccc(OC(F)(F)F)cc3)nc(-c3ccc(F)cc3)c2s1. The minimum Gasteiger partial charge on any atom is -0.406 e. The number of anilines is 1. The molecule has 0 atom stereocenters. The molecule has 0 saturated heterocycles. The number of aromatic nitrogens is 3. The van der Waals surface area contributed by atoms with Gasteiger partial charge in [0.05, 0.1) is 9.71 Å². The van der Waals surface area contributed by atoms with Crippen molar-refractivity contribution in [2.45, 2.75) is 19.8 Å². The molecule has 0 aliphatic carbocycles. The lowest BCUT2D eigenvalue weighted by atomic mass is 10.1. The summed E-state index contributed by atoms with van der Waals surface area (Å²) in [4.78, 5) is 29.6. The molecule has 2 aromatic carbocycles. The molecule has 0 aliphatic rings. The number of nitrogens with one attached hydrogen (secondary N) is 1. The molecule has 0 aliphatic heterocycles. The third kappa shape index (κ3) is 5.17. The first-order chi connectivity index (χ1) is 15.6. The maximum Gasteiger partial charge on any atom is 0.573 e. The first-order valence-corrected chi connectivity index (χ1v) is 10.2. The maximum atomic E-state index is 13.3. The first-order valence-electron chi connectivity index (χ1n) is 9.39. The topological polar surface area (TPSA) is 86.1 Å². The van der Waals surface area contributed by atoms with E-state index in [-0.39, 0.29) is 11.2 Å². The molecule has 0 bridgehead atoms. The van der Waals surface area contributed by atoms with Crippen LogP contribution < -0.4 is 15.6 Å². The van der Waals surface area contributed by atoms with Gasteiger partial charge in [-0.3, -0.25) is 9.59 Å². The predicted molar refractivity (Wildman–Crippen MR) is 114 cm³/mol. The number of halogens is 4. The second-order valence-corrected chi connectivity index (χ2v) is 8.05. The Morgan fingerprint density at radius 3 is 2.42 bits per heavy atom. The molecule has 0 saturated carbocycles. The third-order valence-electron chi connectivity index (χ3n) is 4.39. The van der Waals surface area contributed by atoms with Gasteiger partial charge >= 0.3 is 6.36 Å². The predicted octanol–water partition coefficient (Wildman–Crippen LogP) is 4.50. The molecule has 0 spiro atoms. The number of benzene rings is 2. The van der Waals surface area contributed by atoms with Gasteiger partial charge in [-0.25, -0.2) is 14.1 Å². The zero-order chi connectivity index (χ0) is 23.8. The van der Waals surface area contributed by atoms with Crippen LogP contribution in [0, 0.1) is 12.7 Å². The fourth-order valence-electron chi connectivity index (χ4n) is 3.05. The van der Waals surface area contributed by atoms with Gasteiger partial charge in [0.2, 0.25) is 5.91 Å². The van der Waals surface area contributed by atoms with Crippen LogP contribution in [0.4, 0.5) is 23.2 Å². The van der Waals surface area contributed by atoms with E-state index in [2.05, 4.69) is 20.1 Å². The summed E-state index contributed by atoms with van der Waals surface area (Å²) in [6.07, 6.45) is -4.83. The zero-order valence-electron chi connectivity index (χ0n) is 16.8. The van der Waals surface area contributed by atoms with Crippen molar-refractivity contribution in [1.82, 2.24) is 14.8 Å². The standard InChI is InChI=1S/C21H14F4N4O3S/c1-11-26-18-19(33-11)17(12-2-4-13(22)5-3-12)28-29(20(18)31)10-16(30)27-14-6-8-15(9-7-14)32-21(23,24)25/h2-9H,10H2,1H3,(H,27,30). The monoisotopic (exact) mass is 478 g/mol. The lowest BCUT2D eigenvalue weighted by molar-refractivity contribution is -0.274. The van der Waals surface area contributed by atoms with Crippen LogP contribution in [0.2, 0.25) is 0 Å². The van der Waals surface area contributed by atoms with Crippen LogP contribution in [0.3, 0.4) is 0 Å². The van der Waals surface area contributed by atoms with Crippen LogP contribution in [0.15, 0.2) is 53.3 Å². The summed E-state index contributed by atoms with van der Waals surface area (Å²) in [6.45, 7) is 1.25. The van der Waals surface area contributed by atoms with Gasteiger partial charge in [-0.05, 0) is 55.5 Å². The number of rotatable bonds is 5. The van der Waals surface area contributed by atoms with E-state index >= 15 is 0 Å². The molecule has 0 radical (unpaired) electrons. The van der Waals surface area contributed by atoms with E-state index in [4.69, 9.17) is 0 Å². The summed E-state index contributed by atoms with van der Waals surface area (Å²) in [6, 6.07) is 10.1. The Morgan fingerprint density at radius 1 is 1.12 bits per heavy atom. The maximum absolute atomic E-state index is 13.3. The molecule has 170 valence electrons. The van der Waals surface area contributed by atoms with Gasteiger partial charge in [-0.1, -0.05) is 0 Å². The molecule has 12 heteroatoms. The third-order valence-corrected chi connectivity index (χ3v) is 5.37. The number of amides is 1. The number of alkyl halides is 3. The molecule has 0 fully saturated rings. The summed E-state index contributed by atoms with van der Waals surface area (Å²) in [5.74, 6) is -1.51. The van der Waals surface area contributed by atoms with E-state index < -0.39 is 35.9 Å². The molecular formula is C21H14F4N4O3S. The minimum absolute atomic E-state index is 0.133. The molecule has 0 unspecified atom stereocenters. The Morgan fingerprint density at radius 2 is 1.79 bits per heavy atom. The minimum atomic E-state index is -4.83. The summed E-state index contributed by atoms with van der Waals surface area (Å²) in [7, 11) is 0. The first kappa shape index (κ1) is 22.4. The highest BCUT2D eigenvalue weighted by atomic mass is 32.1. The van der Waals surface area contributed by atoms with Gasteiger partial charge < -0.3 is 10.1 Å². The second-order valence-electron chi connectivity index (χ2n) is 6.85. The summed E-state index contributed by atoms with van der Waals surface area (Å²) >= 11 is 1.25. The van der Waals surface area contributed by atoms with Crippen molar-refractivity contribution in [3.8, 4) is 17.0 Å². The Hall–Kier alpha value is -3.80. The highest BCUT2D eigenvalue weighted by Crippen LogP contribution is 2.29. The smallest absolute Gasteiger partial charge is 0.406 e. The van der Waals surface area contributed by atoms with Crippen molar-refractivity contribution in [1.29, 1.82) is 0 Å². The van der Waals surface area contributed by atoms with Crippen LogP contribution >= 0.6 is 11.3 Å². The number of aryl methyl sites for hydroxylation is 1. The fourth-order valence-corrected chi connectivity index (χ4v) is 3.96. The molecule has 7 nitrogen and oxygen atoms in total. The highest BCUT2D eigenvalue weighted by molar-refractivity contribution is 7.19. The Bertz CT molecular complexity index is 1380. The molecule has 2 heterocycles. The fraction of sp³-hybridized carbons (Fsp3) is 0.143. The normalized spacial score (nSPS) is 11.5. The van der Waals surface area contributed by atoms with Crippen LogP contribution in [0.25, 0.3) is 21.5 Å². The van der Waals surface area contributed by atoms with Crippen molar-refractivity contribution in [3.63, 3.8) is 0 Å². The number of nitrogens with zero attached hydrogens (tertiary/aromatic N) is 3. The van der Waals surface area contributed by atoms with E-state index in [9.17, 15) is 27.2 Å². The Labute approximate surface area is 187 Å². The lowest BCUT2D eigenvalue weighted by Gasteiger charge is -2.11. The molecule has 33 heavy (non-hydrogen) atoms. The molecule has 1 amide bonds. The highest BCUT2D eigenvalue weighted by Gasteiger charge is 2.31. The summed E-state index contributed by atoms with van der Waals surface area (Å²) < 4.78 is 55.4. The van der Waals surface area contributed by atoms with Crippen LogP contribution in [0.5, 0.6) is 5.75 Å². The van der Waals surface area contributed by atoms with Gasteiger partial charge in [0.1, 0.15) is 23.8 Å². The van der Waals surface area contributed by atoms with Crippen molar-refractivity contribution in [2.24, 2.45) is 0 Å². The quantitative estimate of drug-likeness (QED) is 0.427. The number of ether oxygens (including phenoxy) is 1. The largest absolute Gasteiger partial charge is 0.573 e. The number of carbonyl (C=O) groups is 1. The van der Waals surface area contributed by atoms with E-state index in [1.54, 1.807) is 6.92 Å². The summed E-state index contributed by atoms with van der Waals surface area (Å²) in [5.41, 5.74) is 0.667. The number of hydrogen-bond donors (Lipinski definition) is 1. The molecule has 4 aromatic rings. The molecule has 2 aromatic heterocycles. The number of thiazole rings is 1. The Balaban J connectivity index is 1.60. The van der Waals surface area contributed by atoms with Gasteiger partial charge in [0.15, 0.2) is 5.52 Å². The Kier molecular flexibility index (Phi) is 5.85. The second kappa shape index (κ2) is 8.62. The van der Waals surface area contributed by atoms with E-state index in [0.717, 1.165) is 16.8 Å². The molecule has 1 N–H and O–H groups in total. The summed E-state index contributed by atoms with van der Waals surface area (Å²) in [5, 5.41) is 7.40. The molecular weight excluding hydrogens is 464 g/mol. The average molecular weight is 478 g/mol. The average Bonchev–Trinajstić information content (AvgIpc) is 3.13. The lowest BCUT2D eigenvalue weighted by Crippen LogP contribution is -2.30. The zero-order valence-corrected chi connectivity index (χ0v) is 17.6. The van der Waals surface area contributed by atoms with Crippen LogP contribution in [-0.4, -0.2) is 27.0 Å². The molecule has 4 rings (SSSR count). The van der Waals surface area contributed by atoms with E-state index in [0.29, 0.717) is 21.0 Å². The van der Waals surface area contributed by atoms with Crippen molar-refractivity contribution in [2.75, 3.05) is 5.32 Å². The number of carbonyl (C=O) groups excluding carboxylic acids is 1. The van der Waals surface area contributed by atoms with E-state index in [1.807, 2.05) is 0 Å². The number of hydrogen-bond acceptors (Lipinski definition) is 6. The van der Waals surface area contributed by atoms with Gasteiger partial charge in [0.25, 0.3) is 5.56 Å². The van der Waals surface area contributed by atoms with Gasteiger partial charge in [-0.2, -0.15) is 5.10 Å². The van der Waals surface area contributed by atoms with Crippen LogP contribution in [-0.2, 0) is 11.3 Å². The van der Waals surface area contributed by atoms with Crippen molar-refractivity contribution in [3.05, 3.63) is 69.7 Å². The van der Waals surface area contributed by atoms with Gasteiger partial charge in [-0.15, -0.1) is 24.5 Å². The van der Waals surface area contributed by atoms with Crippen molar-refractivity contribution >= 4 is 33.1 Å². The van der Waals surface area contributed by atoms with Crippen LogP contribution in [0.1, 0.15) is 5.01 Å². The van der Waals surface area contributed by atoms with Crippen molar-refractivity contribution < 1.29 is 27.1 Å². The number of fused-ring (bicyclic) bond motifs is 1. The van der Waals surface area contributed by atoms with Gasteiger partial charge in [0, 0.05) is 11.3 Å². The van der Waals surface area contributed by atoms with E-state index in [1.165, 1.54) is 47.7 Å².